The van der Waals surface area contributed by atoms with Crippen LogP contribution in [0.5, 0.6) is 0 Å². The van der Waals surface area contributed by atoms with Crippen LogP contribution in [0.1, 0.15) is 43.1 Å². The Morgan fingerprint density at radius 2 is 2.16 bits per heavy atom. The van der Waals surface area contributed by atoms with Crippen LogP contribution in [0.4, 0.5) is 0 Å². The van der Waals surface area contributed by atoms with Gasteiger partial charge < -0.3 is 10.0 Å². The van der Waals surface area contributed by atoms with Crippen LogP contribution in [0.15, 0.2) is 12.3 Å². The predicted molar refractivity (Wildman–Crippen MR) is 68.7 cm³/mol. The van der Waals surface area contributed by atoms with Gasteiger partial charge in [-0.3, -0.25) is 14.7 Å². The fraction of sp³-hybridized carbons (Fsp3) is 0.615. The van der Waals surface area contributed by atoms with Crippen molar-refractivity contribution in [3.05, 3.63) is 18.0 Å². The zero-order chi connectivity index (χ0) is 13.9. The molecule has 1 amide bonds. The Morgan fingerprint density at radius 3 is 2.63 bits per heavy atom. The Labute approximate surface area is 111 Å². The predicted octanol–water partition coefficient (Wildman–Crippen LogP) is 1.52. The van der Waals surface area contributed by atoms with E-state index in [4.69, 9.17) is 0 Å². The van der Waals surface area contributed by atoms with Gasteiger partial charge in [0.15, 0.2) is 0 Å². The van der Waals surface area contributed by atoms with Crippen LogP contribution >= 0.6 is 0 Å². The number of carbonyl (C=O) groups is 2. The van der Waals surface area contributed by atoms with Crippen LogP contribution in [0, 0.1) is 5.41 Å². The molecule has 6 heteroatoms. The van der Waals surface area contributed by atoms with Crippen LogP contribution in [0.3, 0.4) is 0 Å². The van der Waals surface area contributed by atoms with E-state index in [0.717, 1.165) is 6.42 Å². The number of aromatic nitrogens is 2. The van der Waals surface area contributed by atoms with E-state index in [2.05, 4.69) is 10.2 Å². The average molecular weight is 265 g/mol. The molecule has 1 aliphatic rings. The highest BCUT2D eigenvalue weighted by atomic mass is 16.4. The molecule has 2 N–H and O–H groups in total. The van der Waals surface area contributed by atoms with E-state index < -0.39 is 11.4 Å². The SMILES string of the molecule is CCCC1(C(=O)O)CCN(C(=O)c2ccn[nH]2)CC1. The Morgan fingerprint density at radius 1 is 1.47 bits per heavy atom. The van der Waals surface area contributed by atoms with Crippen LogP contribution < -0.4 is 0 Å². The second kappa shape index (κ2) is 5.42. The Bertz CT molecular complexity index is 448. The molecule has 0 atom stereocenters. The molecular weight excluding hydrogens is 246 g/mol. The molecule has 6 nitrogen and oxygen atoms in total. The maximum Gasteiger partial charge on any atom is 0.309 e. The zero-order valence-electron chi connectivity index (χ0n) is 11.1. The molecule has 0 radical (unpaired) electrons. The average Bonchev–Trinajstić information content (AvgIpc) is 2.93. The monoisotopic (exact) mass is 265 g/mol. The van der Waals surface area contributed by atoms with Crippen molar-refractivity contribution < 1.29 is 14.7 Å². The summed E-state index contributed by atoms with van der Waals surface area (Å²) in [5.74, 6) is -0.837. The second-order valence-electron chi connectivity index (χ2n) is 5.10. The molecule has 19 heavy (non-hydrogen) atoms. The van der Waals surface area contributed by atoms with Crippen molar-refractivity contribution in [2.24, 2.45) is 5.41 Å². The van der Waals surface area contributed by atoms with Gasteiger partial charge in [0, 0.05) is 19.3 Å². The Hall–Kier alpha value is -1.85. The number of hydrogen-bond acceptors (Lipinski definition) is 3. The van der Waals surface area contributed by atoms with Crippen molar-refractivity contribution in [3.8, 4) is 0 Å². The summed E-state index contributed by atoms with van der Waals surface area (Å²) in [6, 6.07) is 1.63. The van der Waals surface area contributed by atoms with Gasteiger partial charge >= 0.3 is 5.97 Å². The number of hydrogen-bond donors (Lipinski definition) is 2. The molecule has 1 aromatic heterocycles. The number of aromatic amines is 1. The molecule has 0 bridgehead atoms. The van der Waals surface area contributed by atoms with Gasteiger partial charge in [-0.1, -0.05) is 13.3 Å². The number of piperidine rings is 1. The van der Waals surface area contributed by atoms with Crippen molar-refractivity contribution in [2.45, 2.75) is 32.6 Å². The Balaban J connectivity index is 2.02. The van der Waals surface area contributed by atoms with Crippen LogP contribution in [0.2, 0.25) is 0 Å². The number of carbonyl (C=O) groups excluding carboxylic acids is 1. The lowest BCUT2D eigenvalue weighted by atomic mass is 9.75. The summed E-state index contributed by atoms with van der Waals surface area (Å²) in [4.78, 5) is 25.3. The maximum absolute atomic E-state index is 12.1. The zero-order valence-corrected chi connectivity index (χ0v) is 11.1. The molecule has 0 saturated carbocycles. The first-order valence-corrected chi connectivity index (χ1v) is 6.61. The van der Waals surface area contributed by atoms with Crippen LogP contribution in [-0.2, 0) is 4.79 Å². The molecule has 1 fully saturated rings. The Kier molecular flexibility index (Phi) is 3.87. The molecule has 0 spiro atoms. The molecule has 2 rings (SSSR count). The normalized spacial score (nSPS) is 18.3. The number of nitrogens with zero attached hydrogens (tertiary/aromatic N) is 2. The maximum atomic E-state index is 12.1. The lowest BCUT2D eigenvalue weighted by Gasteiger charge is -2.38. The van der Waals surface area contributed by atoms with E-state index >= 15 is 0 Å². The van der Waals surface area contributed by atoms with Crippen molar-refractivity contribution in [1.82, 2.24) is 15.1 Å². The quantitative estimate of drug-likeness (QED) is 0.864. The van der Waals surface area contributed by atoms with E-state index in [1.54, 1.807) is 11.0 Å². The highest BCUT2D eigenvalue weighted by molar-refractivity contribution is 5.92. The van der Waals surface area contributed by atoms with Crippen molar-refractivity contribution in [3.63, 3.8) is 0 Å². The van der Waals surface area contributed by atoms with Gasteiger partial charge in [0.25, 0.3) is 5.91 Å². The number of carboxylic acid groups (broad SMARTS) is 1. The standard InChI is InChI=1S/C13H19N3O3/c1-2-4-13(12(18)19)5-8-16(9-6-13)11(17)10-3-7-14-15-10/h3,7H,2,4-6,8-9H2,1H3,(H,14,15)(H,18,19). The van der Waals surface area contributed by atoms with Crippen LogP contribution in [-0.4, -0.2) is 45.2 Å². The molecule has 0 unspecified atom stereocenters. The number of amides is 1. The highest BCUT2D eigenvalue weighted by Crippen LogP contribution is 2.36. The topological polar surface area (TPSA) is 86.3 Å². The minimum absolute atomic E-state index is 0.104. The first kappa shape index (κ1) is 13.6. The third-order valence-corrected chi connectivity index (χ3v) is 3.92. The fourth-order valence-electron chi connectivity index (χ4n) is 2.73. The number of likely N-dealkylation sites (tertiary alicyclic amines) is 1. The number of H-pyrrole nitrogens is 1. The molecule has 1 saturated heterocycles. The van der Waals surface area contributed by atoms with E-state index in [0.29, 0.717) is 38.0 Å². The van der Waals surface area contributed by atoms with Gasteiger partial charge in [0.2, 0.25) is 0 Å². The second-order valence-corrected chi connectivity index (χ2v) is 5.10. The number of nitrogens with one attached hydrogen (secondary N) is 1. The van der Waals surface area contributed by atoms with E-state index in [9.17, 15) is 14.7 Å². The highest BCUT2D eigenvalue weighted by Gasteiger charge is 2.41. The molecule has 2 heterocycles. The summed E-state index contributed by atoms with van der Waals surface area (Å²) in [6.07, 6.45) is 4.11. The molecular formula is C13H19N3O3. The van der Waals surface area contributed by atoms with Crippen molar-refractivity contribution >= 4 is 11.9 Å². The lowest BCUT2D eigenvalue weighted by Crippen LogP contribution is -2.46. The van der Waals surface area contributed by atoms with Gasteiger partial charge in [0.05, 0.1) is 5.41 Å². The number of carboxylic acids is 1. The summed E-state index contributed by atoms with van der Waals surface area (Å²) in [7, 11) is 0. The van der Waals surface area contributed by atoms with Crippen LogP contribution in [0.25, 0.3) is 0 Å². The van der Waals surface area contributed by atoms with Gasteiger partial charge in [-0.25, -0.2) is 0 Å². The summed E-state index contributed by atoms with van der Waals surface area (Å²) >= 11 is 0. The largest absolute Gasteiger partial charge is 0.481 e. The van der Waals surface area contributed by atoms with Crippen molar-refractivity contribution in [1.29, 1.82) is 0 Å². The first-order valence-electron chi connectivity index (χ1n) is 6.61. The summed E-state index contributed by atoms with van der Waals surface area (Å²) in [5.41, 5.74) is -0.196. The minimum Gasteiger partial charge on any atom is -0.481 e. The number of aliphatic carboxylic acids is 1. The molecule has 0 aromatic carbocycles. The van der Waals surface area contributed by atoms with Gasteiger partial charge in [-0.2, -0.15) is 5.10 Å². The third kappa shape index (κ3) is 2.62. The first-order chi connectivity index (χ1) is 9.09. The van der Waals surface area contributed by atoms with Gasteiger partial charge in [-0.05, 0) is 25.3 Å². The summed E-state index contributed by atoms with van der Waals surface area (Å²) in [5, 5.41) is 15.8. The minimum atomic E-state index is -0.733. The van der Waals surface area contributed by atoms with Gasteiger partial charge in [0.1, 0.15) is 5.69 Å². The fourth-order valence-corrected chi connectivity index (χ4v) is 2.73. The van der Waals surface area contributed by atoms with E-state index in [1.165, 1.54) is 6.20 Å². The molecule has 1 aliphatic heterocycles. The summed E-state index contributed by atoms with van der Waals surface area (Å²) in [6.45, 7) is 2.97. The van der Waals surface area contributed by atoms with E-state index in [1.807, 2.05) is 6.92 Å². The van der Waals surface area contributed by atoms with Crippen molar-refractivity contribution in [2.75, 3.05) is 13.1 Å². The molecule has 1 aromatic rings. The van der Waals surface area contributed by atoms with Gasteiger partial charge in [-0.15, -0.1) is 0 Å². The summed E-state index contributed by atoms with van der Waals surface area (Å²) < 4.78 is 0. The van der Waals surface area contributed by atoms with E-state index in [-0.39, 0.29) is 5.91 Å². The third-order valence-electron chi connectivity index (χ3n) is 3.92. The molecule has 0 aliphatic carbocycles. The number of rotatable bonds is 4. The smallest absolute Gasteiger partial charge is 0.309 e. The molecule has 104 valence electrons. The lowest BCUT2D eigenvalue weighted by molar-refractivity contribution is -0.152.